The molecule has 144 valence electrons. The number of nitrogens with two attached hydrogens (primary N) is 1. The van der Waals surface area contributed by atoms with Crippen LogP contribution in [0.15, 0.2) is 54.6 Å². The Bertz CT molecular complexity index is 749. The Morgan fingerprint density at radius 2 is 1.74 bits per heavy atom. The molecule has 0 saturated heterocycles. The van der Waals surface area contributed by atoms with Crippen molar-refractivity contribution in [1.82, 2.24) is 0 Å². The lowest BCUT2D eigenvalue weighted by atomic mass is 9.88. The van der Waals surface area contributed by atoms with Gasteiger partial charge in [-0.1, -0.05) is 42.5 Å². The SMILES string of the molecule is N[C@H]1CCCc2ccccc21.O=C(O)CC[C@@H](Nc1ccccc1)C(=O)O. The molecule has 0 spiro atoms. The number of nitrogens with one attached hydrogen (secondary N) is 1. The van der Waals surface area contributed by atoms with E-state index in [0.717, 1.165) is 6.42 Å². The van der Waals surface area contributed by atoms with E-state index in [1.165, 1.54) is 24.0 Å². The second-order valence-electron chi connectivity index (χ2n) is 6.53. The molecule has 2 aromatic carbocycles. The van der Waals surface area contributed by atoms with Crippen molar-refractivity contribution in [2.24, 2.45) is 5.73 Å². The zero-order valence-electron chi connectivity index (χ0n) is 15.2. The molecule has 0 amide bonds. The number of carboxylic acid groups (broad SMARTS) is 2. The van der Waals surface area contributed by atoms with Gasteiger partial charge in [-0.05, 0) is 48.9 Å². The summed E-state index contributed by atoms with van der Waals surface area (Å²) in [5.74, 6) is -2.05. The van der Waals surface area contributed by atoms with Gasteiger partial charge in [0.1, 0.15) is 6.04 Å². The summed E-state index contributed by atoms with van der Waals surface area (Å²) in [6.07, 6.45) is 3.50. The van der Waals surface area contributed by atoms with E-state index in [4.69, 9.17) is 15.9 Å². The van der Waals surface area contributed by atoms with Crippen molar-refractivity contribution in [3.8, 4) is 0 Å². The Kier molecular flexibility index (Phi) is 7.82. The van der Waals surface area contributed by atoms with Crippen molar-refractivity contribution in [3.63, 3.8) is 0 Å². The zero-order chi connectivity index (χ0) is 19.6. The molecule has 0 fully saturated rings. The molecule has 3 rings (SSSR count). The van der Waals surface area contributed by atoms with E-state index in [-0.39, 0.29) is 12.8 Å². The third-order valence-corrected chi connectivity index (χ3v) is 4.48. The standard InChI is InChI=1S/C11H13NO4.C10H13N/c13-10(14)7-6-9(11(15)16)12-8-4-2-1-3-5-8;11-10-7-3-5-8-4-1-2-6-9(8)10/h1-5,9,12H,6-7H2,(H,13,14)(H,15,16);1-2,4,6,10H,3,5,7,11H2/t9-;10-/m10/s1. The highest BCUT2D eigenvalue weighted by molar-refractivity contribution is 5.78. The maximum atomic E-state index is 10.9. The largest absolute Gasteiger partial charge is 0.481 e. The van der Waals surface area contributed by atoms with Crippen LogP contribution in [0.1, 0.15) is 42.9 Å². The van der Waals surface area contributed by atoms with Crippen LogP contribution in [-0.2, 0) is 16.0 Å². The Labute approximate surface area is 159 Å². The maximum Gasteiger partial charge on any atom is 0.326 e. The molecule has 27 heavy (non-hydrogen) atoms. The molecule has 0 aromatic heterocycles. The number of rotatable bonds is 6. The molecular formula is C21H26N2O4. The first-order chi connectivity index (χ1) is 13.0. The van der Waals surface area contributed by atoms with Crippen LogP contribution < -0.4 is 11.1 Å². The summed E-state index contributed by atoms with van der Waals surface area (Å²) >= 11 is 0. The molecule has 5 N–H and O–H groups in total. The average Bonchev–Trinajstić information content (AvgIpc) is 2.66. The summed E-state index contributed by atoms with van der Waals surface area (Å²) in [5, 5.41) is 20.2. The van der Waals surface area contributed by atoms with E-state index in [2.05, 4.69) is 29.6 Å². The number of para-hydroxylation sites is 1. The molecule has 1 aliphatic rings. The molecule has 0 unspecified atom stereocenters. The smallest absolute Gasteiger partial charge is 0.326 e. The van der Waals surface area contributed by atoms with Gasteiger partial charge in [0, 0.05) is 18.2 Å². The van der Waals surface area contributed by atoms with E-state index in [1.54, 1.807) is 24.3 Å². The van der Waals surface area contributed by atoms with E-state index >= 15 is 0 Å². The minimum atomic E-state index is -1.05. The summed E-state index contributed by atoms with van der Waals surface area (Å²) < 4.78 is 0. The first kappa shape index (κ1) is 20.5. The summed E-state index contributed by atoms with van der Waals surface area (Å²) in [6, 6.07) is 16.8. The number of hydrogen-bond acceptors (Lipinski definition) is 4. The summed E-state index contributed by atoms with van der Waals surface area (Å²) in [4.78, 5) is 21.2. The van der Waals surface area contributed by atoms with Crippen molar-refractivity contribution < 1.29 is 19.8 Å². The number of aryl methyl sites for hydroxylation is 1. The topological polar surface area (TPSA) is 113 Å². The van der Waals surface area contributed by atoms with Crippen LogP contribution in [0.5, 0.6) is 0 Å². The summed E-state index contributed by atoms with van der Waals surface area (Å²) in [6.45, 7) is 0. The monoisotopic (exact) mass is 370 g/mol. The number of anilines is 1. The minimum Gasteiger partial charge on any atom is -0.481 e. The Morgan fingerprint density at radius 1 is 1.07 bits per heavy atom. The molecule has 0 radical (unpaired) electrons. The summed E-state index contributed by atoms with van der Waals surface area (Å²) in [5.41, 5.74) is 9.42. The third kappa shape index (κ3) is 6.75. The van der Waals surface area contributed by atoms with Gasteiger partial charge in [-0.15, -0.1) is 0 Å². The highest BCUT2D eigenvalue weighted by Gasteiger charge is 2.18. The predicted molar refractivity (Wildman–Crippen MR) is 105 cm³/mol. The number of benzene rings is 2. The van der Waals surface area contributed by atoms with E-state index in [1.807, 2.05) is 6.07 Å². The molecule has 6 nitrogen and oxygen atoms in total. The average molecular weight is 370 g/mol. The summed E-state index contributed by atoms with van der Waals surface area (Å²) in [7, 11) is 0. The number of carboxylic acids is 2. The molecular weight excluding hydrogens is 344 g/mol. The van der Waals surface area contributed by atoms with Gasteiger partial charge in [0.05, 0.1) is 0 Å². The lowest BCUT2D eigenvalue weighted by Gasteiger charge is -2.21. The zero-order valence-corrected chi connectivity index (χ0v) is 15.2. The highest BCUT2D eigenvalue weighted by atomic mass is 16.4. The fourth-order valence-corrected chi connectivity index (χ4v) is 3.05. The van der Waals surface area contributed by atoms with Crippen LogP contribution >= 0.6 is 0 Å². The van der Waals surface area contributed by atoms with Crippen LogP contribution in [-0.4, -0.2) is 28.2 Å². The van der Waals surface area contributed by atoms with Crippen LogP contribution in [0.2, 0.25) is 0 Å². The lowest BCUT2D eigenvalue weighted by Crippen LogP contribution is -2.29. The Balaban J connectivity index is 0.000000206. The van der Waals surface area contributed by atoms with Gasteiger partial charge in [-0.3, -0.25) is 4.79 Å². The highest BCUT2D eigenvalue weighted by Crippen LogP contribution is 2.26. The van der Waals surface area contributed by atoms with Gasteiger partial charge in [0.15, 0.2) is 0 Å². The molecule has 6 heteroatoms. The number of aliphatic carboxylic acids is 2. The molecule has 2 atom stereocenters. The van der Waals surface area contributed by atoms with Crippen LogP contribution in [0.25, 0.3) is 0 Å². The second kappa shape index (κ2) is 10.3. The fraction of sp³-hybridized carbons (Fsp3) is 0.333. The van der Waals surface area contributed by atoms with Gasteiger partial charge in [0.25, 0.3) is 0 Å². The van der Waals surface area contributed by atoms with E-state index in [0.29, 0.717) is 11.7 Å². The quantitative estimate of drug-likeness (QED) is 0.620. The van der Waals surface area contributed by atoms with Gasteiger partial charge in [-0.25, -0.2) is 4.79 Å². The van der Waals surface area contributed by atoms with Crippen LogP contribution in [0, 0.1) is 0 Å². The lowest BCUT2D eigenvalue weighted by molar-refractivity contribution is -0.139. The van der Waals surface area contributed by atoms with Crippen molar-refractivity contribution in [3.05, 3.63) is 65.7 Å². The molecule has 0 heterocycles. The molecule has 0 bridgehead atoms. The third-order valence-electron chi connectivity index (χ3n) is 4.48. The van der Waals surface area contributed by atoms with Gasteiger partial charge in [0.2, 0.25) is 0 Å². The van der Waals surface area contributed by atoms with Gasteiger partial charge >= 0.3 is 11.9 Å². The molecule has 2 aromatic rings. The first-order valence-electron chi connectivity index (χ1n) is 9.07. The van der Waals surface area contributed by atoms with Crippen molar-refractivity contribution in [1.29, 1.82) is 0 Å². The molecule has 1 aliphatic carbocycles. The minimum absolute atomic E-state index is 0.0551. The number of carbonyl (C=O) groups is 2. The van der Waals surface area contributed by atoms with Crippen molar-refractivity contribution in [2.45, 2.75) is 44.2 Å². The fourth-order valence-electron chi connectivity index (χ4n) is 3.05. The van der Waals surface area contributed by atoms with Crippen molar-refractivity contribution in [2.75, 3.05) is 5.32 Å². The predicted octanol–water partition coefficient (Wildman–Crippen LogP) is 3.44. The van der Waals surface area contributed by atoms with Crippen LogP contribution in [0.4, 0.5) is 5.69 Å². The maximum absolute atomic E-state index is 10.9. The number of hydrogen-bond donors (Lipinski definition) is 4. The Hall–Kier alpha value is -2.86. The van der Waals surface area contributed by atoms with Crippen molar-refractivity contribution >= 4 is 17.6 Å². The Morgan fingerprint density at radius 3 is 2.37 bits per heavy atom. The molecule has 0 saturated carbocycles. The van der Waals surface area contributed by atoms with E-state index in [9.17, 15) is 9.59 Å². The van der Waals surface area contributed by atoms with E-state index < -0.39 is 18.0 Å². The molecule has 0 aliphatic heterocycles. The normalized spacial score (nSPS) is 16.3. The van der Waals surface area contributed by atoms with Gasteiger partial charge in [-0.2, -0.15) is 0 Å². The number of fused-ring (bicyclic) bond motifs is 1. The first-order valence-corrected chi connectivity index (χ1v) is 9.07. The van der Waals surface area contributed by atoms with Gasteiger partial charge < -0.3 is 21.3 Å². The van der Waals surface area contributed by atoms with Crippen LogP contribution in [0.3, 0.4) is 0 Å². The second-order valence-corrected chi connectivity index (χ2v) is 6.53.